The highest BCUT2D eigenvalue weighted by atomic mass is 19.3. The third-order valence-electron chi connectivity index (χ3n) is 5.60. The number of ether oxygens (including phenoxy) is 1. The van der Waals surface area contributed by atoms with Crippen molar-refractivity contribution in [3.8, 4) is 0 Å². The molecule has 0 aliphatic carbocycles. The van der Waals surface area contributed by atoms with Crippen molar-refractivity contribution >= 4 is 17.5 Å². The minimum atomic E-state index is -3.06. The summed E-state index contributed by atoms with van der Waals surface area (Å²) in [6, 6.07) is 2.77. The predicted octanol–water partition coefficient (Wildman–Crippen LogP) is 8.01. The molecule has 8 heteroatoms. The Morgan fingerprint density at radius 1 is 1.18 bits per heavy atom. The number of pyridine rings is 1. The summed E-state index contributed by atoms with van der Waals surface area (Å²) in [7, 11) is 0. The number of halogens is 2. The van der Waals surface area contributed by atoms with E-state index in [1.54, 1.807) is 6.08 Å². The van der Waals surface area contributed by atoms with Gasteiger partial charge < -0.3 is 10.5 Å². The molecule has 6 nitrogen and oxygen atoms in total. The molecular weight excluding hydrogens is 512 g/mol. The Kier molecular flexibility index (Phi) is 16.6. The summed E-state index contributed by atoms with van der Waals surface area (Å²) < 4.78 is 33.1. The number of carbonyl (C=O) groups excluding carboxylic acids is 2. The van der Waals surface area contributed by atoms with E-state index in [2.05, 4.69) is 64.7 Å². The number of rotatable bonds is 10. The lowest BCUT2D eigenvalue weighted by Crippen LogP contribution is -2.26. The van der Waals surface area contributed by atoms with Gasteiger partial charge in [-0.05, 0) is 68.6 Å². The number of amidine groups is 1. The van der Waals surface area contributed by atoms with Crippen molar-refractivity contribution in [2.75, 3.05) is 13.2 Å². The lowest BCUT2D eigenvalue weighted by Gasteiger charge is -2.25. The van der Waals surface area contributed by atoms with E-state index in [1.807, 2.05) is 0 Å². The number of ketones is 1. The van der Waals surface area contributed by atoms with E-state index in [4.69, 9.17) is 10.5 Å². The summed E-state index contributed by atoms with van der Waals surface area (Å²) >= 11 is 0. The smallest absolute Gasteiger partial charge is 0.286 e. The highest BCUT2D eigenvalue weighted by Crippen LogP contribution is 2.32. The molecule has 1 amide bonds. The van der Waals surface area contributed by atoms with Crippen LogP contribution >= 0.6 is 0 Å². The zero-order valence-electron chi connectivity index (χ0n) is 25.9. The minimum Gasteiger partial charge on any atom is -0.383 e. The van der Waals surface area contributed by atoms with E-state index >= 15 is 0 Å². The average Bonchev–Trinajstić information content (AvgIpc) is 2.85. The first-order valence-electron chi connectivity index (χ1n) is 14.0. The van der Waals surface area contributed by atoms with Gasteiger partial charge in [-0.1, -0.05) is 54.2 Å². The lowest BCUT2D eigenvalue weighted by atomic mass is 9.91. The number of hydrogen-bond donors (Lipinski definition) is 1. The van der Waals surface area contributed by atoms with Crippen molar-refractivity contribution in [1.29, 1.82) is 0 Å². The van der Waals surface area contributed by atoms with Gasteiger partial charge in [-0.25, -0.2) is 0 Å². The highest BCUT2D eigenvalue weighted by Gasteiger charge is 2.30. The molecule has 228 valence electrons. The van der Waals surface area contributed by atoms with E-state index in [1.165, 1.54) is 25.1 Å². The Morgan fingerprint density at radius 2 is 1.70 bits per heavy atom. The molecule has 1 aliphatic heterocycles. The summed E-state index contributed by atoms with van der Waals surface area (Å²) in [5.41, 5.74) is 7.32. The van der Waals surface area contributed by atoms with E-state index < -0.39 is 5.92 Å². The quantitative estimate of drug-likeness (QED) is 0.134. The van der Waals surface area contributed by atoms with E-state index in [9.17, 15) is 18.4 Å². The van der Waals surface area contributed by atoms with Gasteiger partial charge >= 0.3 is 0 Å². The molecule has 1 aromatic heterocycles. The average molecular weight is 566 g/mol. The molecule has 2 rings (SSSR count). The number of carbonyl (C=O) groups is 2. The third-order valence-corrected chi connectivity index (χ3v) is 5.60. The Bertz CT molecular complexity index is 987. The van der Waals surface area contributed by atoms with Gasteiger partial charge in [0.2, 0.25) is 0 Å². The summed E-state index contributed by atoms with van der Waals surface area (Å²) in [5, 5.41) is 0. The fourth-order valence-electron chi connectivity index (χ4n) is 3.72. The van der Waals surface area contributed by atoms with Crippen LogP contribution in [0, 0.1) is 17.3 Å². The second-order valence-corrected chi connectivity index (χ2v) is 12.2. The van der Waals surface area contributed by atoms with Crippen LogP contribution in [-0.4, -0.2) is 35.7 Å². The summed E-state index contributed by atoms with van der Waals surface area (Å²) in [4.78, 5) is 30.9. The largest absolute Gasteiger partial charge is 0.383 e. The minimum absolute atomic E-state index is 0. The van der Waals surface area contributed by atoms with E-state index in [-0.39, 0.29) is 36.5 Å². The first-order chi connectivity index (χ1) is 18.4. The fourth-order valence-corrected chi connectivity index (χ4v) is 3.72. The van der Waals surface area contributed by atoms with Crippen LogP contribution in [0.3, 0.4) is 0 Å². The van der Waals surface area contributed by atoms with Gasteiger partial charge in [-0.3, -0.25) is 14.6 Å². The van der Waals surface area contributed by atoms with Crippen LogP contribution in [0.5, 0.6) is 0 Å². The molecule has 1 saturated heterocycles. The molecule has 0 unspecified atom stereocenters. The maximum absolute atomic E-state index is 13.9. The van der Waals surface area contributed by atoms with Crippen molar-refractivity contribution < 1.29 is 24.5 Å². The topological polar surface area (TPSA) is 94.6 Å². The highest BCUT2D eigenvalue weighted by molar-refractivity contribution is 6.05. The van der Waals surface area contributed by atoms with E-state index in [0.29, 0.717) is 67.9 Å². The van der Waals surface area contributed by atoms with Crippen LogP contribution in [-0.2, 0) is 20.2 Å². The molecule has 2 N–H and O–H groups in total. The van der Waals surface area contributed by atoms with Crippen molar-refractivity contribution in [2.45, 2.75) is 99.3 Å². The number of aliphatic imine (C=N–C) groups is 1. The fraction of sp³-hybridized carbons (Fsp3) is 0.625. The molecule has 0 aromatic carbocycles. The molecular formula is C32H53F2N3O3. The number of hydrogen-bond acceptors (Lipinski definition) is 4. The number of alkyl halides is 2. The van der Waals surface area contributed by atoms with Crippen LogP contribution in [0.1, 0.15) is 112 Å². The molecule has 1 aliphatic rings. The first kappa shape index (κ1) is 37.3. The van der Waals surface area contributed by atoms with Crippen molar-refractivity contribution in [2.24, 2.45) is 28.0 Å². The molecule has 40 heavy (non-hydrogen) atoms. The normalized spacial score (nSPS) is 15.2. The Morgan fingerprint density at radius 3 is 2.12 bits per heavy atom. The van der Waals surface area contributed by atoms with Gasteiger partial charge in [-0.15, -0.1) is 6.58 Å². The van der Waals surface area contributed by atoms with Gasteiger partial charge in [0.15, 0.2) is 5.78 Å². The van der Waals surface area contributed by atoms with E-state index in [0.717, 1.165) is 6.92 Å². The van der Waals surface area contributed by atoms with Gasteiger partial charge in [0, 0.05) is 39.0 Å². The zero-order valence-corrected chi connectivity index (χ0v) is 25.9. The SMILES string of the molecule is C=CC(C)=O.C=CCC[C@@H](CC(C)C)C(=O)N=C(N)c1ccc(C(C)(F)F)nc1C1CCOCC1.CC(C)(C)C.[HH]. The molecule has 0 saturated carbocycles. The third kappa shape index (κ3) is 16.4. The van der Waals surface area contributed by atoms with Crippen LogP contribution in [0.2, 0.25) is 0 Å². The number of aromatic nitrogens is 1. The number of nitrogens with zero attached hydrogens (tertiary/aromatic N) is 2. The molecule has 1 aromatic rings. The second kappa shape index (κ2) is 17.8. The van der Waals surface area contributed by atoms with Gasteiger partial charge in [0.05, 0.1) is 5.69 Å². The maximum Gasteiger partial charge on any atom is 0.286 e. The Labute approximate surface area is 242 Å². The first-order valence-corrected chi connectivity index (χ1v) is 14.0. The molecule has 0 radical (unpaired) electrons. The number of nitrogens with two attached hydrogens (primary N) is 1. The number of allylic oxidation sites excluding steroid dienone is 2. The van der Waals surface area contributed by atoms with Crippen molar-refractivity contribution in [3.05, 3.63) is 54.4 Å². The summed E-state index contributed by atoms with van der Waals surface area (Å²) in [6.45, 7) is 23.1. The molecule has 2 heterocycles. The Hall–Kier alpha value is -2.74. The molecule has 1 fully saturated rings. The maximum atomic E-state index is 13.9. The summed E-state index contributed by atoms with van der Waals surface area (Å²) in [5.74, 6) is -3.27. The monoisotopic (exact) mass is 565 g/mol. The lowest BCUT2D eigenvalue weighted by molar-refractivity contribution is -0.122. The molecule has 0 spiro atoms. The predicted molar refractivity (Wildman–Crippen MR) is 163 cm³/mol. The van der Waals surface area contributed by atoms with Crippen LogP contribution in [0.4, 0.5) is 8.78 Å². The zero-order chi connectivity index (χ0) is 31.1. The van der Waals surface area contributed by atoms with Gasteiger partial charge in [-0.2, -0.15) is 13.8 Å². The Balaban J connectivity index is 0. The van der Waals surface area contributed by atoms with Gasteiger partial charge in [0.1, 0.15) is 11.5 Å². The number of amides is 1. The van der Waals surface area contributed by atoms with Crippen molar-refractivity contribution in [3.63, 3.8) is 0 Å². The molecule has 0 bridgehead atoms. The second-order valence-electron chi connectivity index (χ2n) is 12.2. The van der Waals surface area contributed by atoms with Crippen LogP contribution < -0.4 is 5.73 Å². The van der Waals surface area contributed by atoms with Gasteiger partial charge in [0.25, 0.3) is 11.8 Å². The standard InChI is InChI=1S/C23H33F2N3O2.C5H12.C4H6O.H2/c1-5-6-7-17(14-15(2)3)22(29)28-21(26)18-8-9-19(23(4,24)25)27-20(18)16-10-12-30-13-11-16;1-5(2,3)4;1-3-4(2)5;/h5,8-9,15-17H,1,6-7,10-14H2,2-4H3,(H2,26,28,29);1-4H3;3H,1H2,2H3;1H/t17-;;;/m0.../s1. The van der Waals surface area contributed by atoms with Crippen LogP contribution in [0.25, 0.3) is 0 Å². The van der Waals surface area contributed by atoms with Crippen molar-refractivity contribution in [1.82, 2.24) is 4.98 Å². The summed E-state index contributed by atoms with van der Waals surface area (Å²) in [6.07, 6.45) is 6.46. The molecule has 1 atom stereocenters. The van der Waals surface area contributed by atoms with Crippen LogP contribution in [0.15, 0.2) is 42.4 Å².